The standard InChI is InChI=1S/C13H17ClN4OS/c1-7(2)5-16-12(19)8(3)18-11-10(17-13(18)20)4-9(14)6-15-11/h4,6-8H,5H2,1-3H3,(H,16,19)(H,17,20). The minimum absolute atomic E-state index is 0.0764. The summed E-state index contributed by atoms with van der Waals surface area (Å²) in [4.78, 5) is 19.4. The lowest BCUT2D eigenvalue weighted by Gasteiger charge is -2.15. The van der Waals surface area contributed by atoms with E-state index >= 15 is 0 Å². The van der Waals surface area contributed by atoms with Gasteiger partial charge in [0.15, 0.2) is 10.4 Å². The second kappa shape index (κ2) is 5.93. The van der Waals surface area contributed by atoms with Gasteiger partial charge in [-0.25, -0.2) is 4.98 Å². The van der Waals surface area contributed by atoms with E-state index in [1.165, 1.54) is 0 Å². The third-order valence-corrected chi connectivity index (χ3v) is 3.48. The van der Waals surface area contributed by atoms with Gasteiger partial charge in [0.1, 0.15) is 6.04 Å². The summed E-state index contributed by atoms with van der Waals surface area (Å²) in [6.07, 6.45) is 1.54. The van der Waals surface area contributed by atoms with Gasteiger partial charge < -0.3 is 10.3 Å². The molecule has 0 aromatic carbocycles. The Kier molecular flexibility index (Phi) is 4.45. The van der Waals surface area contributed by atoms with E-state index in [1.54, 1.807) is 23.8 Å². The Labute approximate surface area is 127 Å². The summed E-state index contributed by atoms with van der Waals surface area (Å²) in [5.74, 6) is 0.325. The minimum Gasteiger partial charge on any atom is -0.354 e. The third-order valence-electron chi connectivity index (χ3n) is 2.97. The number of H-pyrrole nitrogens is 1. The predicted molar refractivity (Wildman–Crippen MR) is 82.5 cm³/mol. The highest BCUT2D eigenvalue weighted by molar-refractivity contribution is 7.71. The first-order valence-electron chi connectivity index (χ1n) is 6.43. The van der Waals surface area contributed by atoms with Crippen LogP contribution in [0.25, 0.3) is 11.2 Å². The molecule has 5 nitrogen and oxygen atoms in total. The number of amides is 1. The summed E-state index contributed by atoms with van der Waals surface area (Å²) in [6.45, 7) is 6.53. The van der Waals surface area contributed by atoms with Gasteiger partial charge in [0, 0.05) is 12.7 Å². The molecule has 2 aromatic rings. The highest BCUT2D eigenvalue weighted by Crippen LogP contribution is 2.20. The highest BCUT2D eigenvalue weighted by atomic mass is 35.5. The normalized spacial score (nSPS) is 12.8. The Morgan fingerprint density at radius 3 is 2.90 bits per heavy atom. The fourth-order valence-electron chi connectivity index (χ4n) is 1.92. The molecule has 0 saturated carbocycles. The summed E-state index contributed by atoms with van der Waals surface area (Å²) in [5, 5.41) is 3.43. The second-order valence-electron chi connectivity index (χ2n) is 5.14. The van der Waals surface area contributed by atoms with Crippen LogP contribution in [0.2, 0.25) is 5.02 Å². The molecule has 1 unspecified atom stereocenters. The van der Waals surface area contributed by atoms with E-state index in [0.717, 1.165) is 5.52 Å². The molecule has 1 amide bonds. The molecule has 2 rings (SSSR count). The third kappa shape index (κ3) is 3.02. The number of aromatic nitrogens is 3. The zero-order valence-corrected chi connectivity index (χ0v) is 13.2. The van der Waals surface area contributed by atoms with Crippen molar-refractivity contribution >= 4 is 40.9 Å². The highest BCUT2D eigenvalue weighted by Gasteiger charge is 2.19. The van der Waals surface area contributed by atoms with Gasteiger partial charge in [0.05, 0.1) is 10.5 Å². The minimum atomic E-state index is -0.427. The van der Waals surface area contributed by atoms with Crippen molar-refractivity contribution in [1.82, 2.24) is 19.9 Å². The zero-order chi connectivity index (χ0) is 14.9. The predicted octanol–water partition coefficient (Wildman–Crippen LogP) is 3.08. The number of rotatable bonds is 4. The van der Waals surface area contributed by atoms with E-state index in [0.29, 0.717) is 27.9 Å². The Morgan fingerprint density at radius 1 is 1.55 bits per heavy atom. The number of fused-ring (bicyclic) bond motifs is 1. The van der Waals surface area contributed by atoms with Gasteiger partial charge in [-0.1, -0.05) is 25.4 Å². The number of carbonyl (C=O) groups excluding carboxylic acids is 1. The molecule has 7 heteroatoms. The molecule has 0 bridgehead atoms. The number of nitrogens with zero attached hydrogens (tertiary/aromatic N) is 2. The quantitative estimate of drug-likeness (QED) is 0.853. The summed E-state index contributed by atoms with van der Waals surface area (Å²) in [6, 6.07) is 1.32. The summed E-state index contributed by atoms with van der Waals surface area (Å²) in [5.41, 5.74) is 1.36. The van der Waals surface area contributed by atoms with Crippen LogP contribution in [-0.4, -0.2) is 27.0 Å². The molecule has 108 valence electrons. The van der Waals surface area contributed by atoms with Crippen molar-refractivity contribution in [3.05, 3.63) is 22.1 Å². The molecule has 0 saturated heterocycles. The number of imidazole rings is 1. The number of halogens is 1. The maximum Gasteiger partial charge on any atom is 0.242 e. The molecular weight excluding hydrogens is 296 g/mol. The number of nitrogens with one attached hydrogen (secondary N) is 2. The zero-order valence-electron chi connectivity index (χ0n) is 11.6. The average Bonchev–Trinajstić information content (AvgIpc) is 2.69. The number of hydrogen-bond acceptors (Lipinski definition) is 3. The van der Waals surface area contributed by atoms with Crippen molar-refractivity contribution in [3.63, 3.8) is 0 Å². The van der Waals surface area contributed by atoms with E-state index in [9.17, 15) is 4.79 Å². The van der Waals surface area contributed by atoms with Crippen molar-refractivity contribution in [3.8, 4) is 0 Å². The molecule has 1 atom stereocenters. The van der Waals surface area contributed by atoms with Gasteiger partial charge in [0.2, 0.25) is 5.91 Å². The van der Waals surface area contributed by atoms with Gasteiger partial charge in [-0.2, -0.15) is 0 Å². The van der Waals surface area contributed by atoms with E-state index in [1.807, 2.05) is 13.8 Å². The Bertz CT molecular complexity index is 691. The molecule has 0 aliphatic rings. The number of aromatic amines is 1. The van der Waals surface area contributed by atoms with E-state index in [2.05, 4.69) is 15.3 Å². The van der Waals surface area contributed by atoms with Crippen LogP contribution >= 0.6 is 23.8 Å². The number of carbonyl (C=O) groups is 1. The van der Waals surface area contributed by atoms with Crippen molar-refractivity contribution in [1.29, 1.82) is 0 Å². The Hall–Kier alpha value is -1.40. The van der Waals surface area contributed by atoms with Gasteiger partial charge in [-0.05, 0) is 31.1 Å². The number of pyridine rings is 1. The van der Waals surface area contributed by atoms with Crippen LogP contribution in [0.1, 0.15) is 26.8 Å². The van der Waals surface area contributed by atoms with Crippen molar-refractivity contribution in [2.75, 3.05) is 6.54 Å². The maximum atomic E-state index is 12.2. The molecule has 2 aromatic heterocycles. The fourth-order valence-corrected chi connectivity index (χ4v) is 2.43. The first kappa shape index (κ1) is 15.0. The topological polar surface area (TPSA) is 62.7 Å². The van der Waals surface area contributed by atoms with Crippen molar-refractivity contribution < 1.29 is 4.79 Å². The van der Waals surface area contributed by atoms with Crippen LogP contribution in [0.5, 0.6) is 0 Å². The smallest absolute Gasteiger partial charge is 0.242 e. The molecule has 0 radical (unpaired) electrons. The van der Waals surface area contributed by atoms with Crippen LogP contribution in [0.3, 0.4) is 0 Å². The molecule has 0 fully saturated rings. The summed E-state index contributed by atoms with van der Waals surface area (Å²) in [7, 11) is 0. The molecule has 0 aliphatic heterocycles. The maximum absolute atomic E-state index is 12.2. The summed E-state index contributed by atoms with van der Waals surface area (Å²) >= 11 is 11.2. The fraction of sp³-hybridized carbons (Fsp3) is 0.462. The SMILES string of the molecule is CC(C)CNC(=O)C(C)n1c(=S)[nH]c2cc(Cl)cnc21. The van der Waals surface area contributed by atoms with Gasteiger partial charge in [0.25, 0.3) is 0 Å². The van der Waals surface area contributed by atoms with Gasteiger partial charge in [-0.15, -0.1) is 0 Å². The second-order valence-corrected chi connectivity index (χ2v) is 5.96. The largest absolute Gasteiger partial charge is 0.354 e. The van der Waals surface area contributed by atoms with E-state index < -0.39 is 6.04 Å². The van der Waals surface area contributed by atoms with Crippen LogP contribution in [0, 0.1) is 10.7 Å². The van der Waals surface area contributed by atoms with Crippen molar-refractivity contribution in [2.24, 2.45) is 5.92 Å². The molecule has 0 aliphatic carbocycles. The van der Waals surface area contributed by atoms with Crippen molar-refractivity contribution in [2.45, 2.75) is 26.8 Å². The first-order valence-corrected chi connectivity index (χ1v) is 7.22. The van der Waals surface area contributed by atoms with E-state index in [4.69, 9.17) is 23.8 Å². The van der Waals surface area contributed by atoms with E-state index in [-0.39, 0.29) is 5.91 Å². The van der Waals surface area contributed by atoms with Gasteiger partial charge in [-0.3, -0.25) is 9.36 Å². The molecular formula is C13H17ClN4OS. The lowest BCUT2D eigenvalue weighted by atomic mass is 10.2. The molecule has 0 spiro atoms. The van der Waals surface area contributed by atoms with Crippen LogP contribution in [0.4, 0.5) is 0 Å². The lowest BCUT2D eigenvalue weighted by molar-refractivity contribution is -0.123. The first-order chi connectivity index (χ1) is 9.40. The van der Waals surface area contributed by atoms with Crippen LogP contribution in [0.15, 0.2) is 12.3 Å². The molecule has 20 heavy (non-hydrogen) atoms. The number of hydrogen-bond donors (Lipinski definition) is 2. The van der Waals surface area contributed by atoms with Crippen LogP contribution in [-0.2, 0) is 4.79 Å². The molecule has 2 heterocycles. The monoisotopic (exact) mass is 312 g/mol. The summed E-state index contributed by atoms with van der Waals surface area (Å²) < 4.78 is 2.17. The van der Waals surface area contributed by atoms with Gasteiger partial charge >= 0.3 is 0 Å². The Balaban J connectivity index is 2.34. The Morgan fingerprint density at radius 2 is 2.25 bits per heavy atom. The molecule has 2 N–H and O–H groups in total. The lowest BCUT2D eigenvalue weighted by Crippen LogP contribution is -2.33. The average molecular weight is 313 g/mol. The van der Waals surface area contributed by atoms with Crippen LogP contribution < -0.4 is 5.32 Å².